The lowest BCUT2D eigenvalue weighted by Crippen LogP contribution is -2.48. The van der Waals surface area contributed by atoms with Crippen LogP contribution in [0.1, 0.15) is 29.8 Å². The quantitative estimate of drug-likeness (QED) is 0.625. The van der Waals surface area contributed by atoms with Gasteiger partial charge >= 0.3 is 18.1 Å². The predicted octanol–water partition coefficient (Wildman–Crippen LogP) is 1.99. The number of amides is 1. The summed E-state index contributed by atoms with van der Waals surface area (Å²) in [5.74, 6) is -3.43. The number of esters is 2. The third kappa shape index (κ3) is 4.95. The van der Waals surface area contributed by atoms with Gasteiger partial charge in [0.25, 0.3) is 5.91 Å². The third-order valence-electron chi connectivity index (χ3n) is 2.53. The molecule has 0 atom stereocenters. The molecule has 0 fully saturated rings. The second-order valence-corrected chi connectivity index (χ2v) is 4.85. The van der Waals surface area contributed by atoms with Crippen LogP contribution in [-0.4, -0.2) is 37.1 Å². The number of rotatable bonds is 6. The number of carbonyl (C=O) groups is 3. The van der Waals surface area contributed by atoms with Crippen LogP contribution in [0.3, 0.4) is 0 Å². The van der Waals surface area contributed by atoms with E-state index in [1.54, 1.807) is 0 Å². The summed E-state index contributed by atoms with van der Waals surface area (Å²) in [4.78, 5) is 35.4. The topological polar surface area (TPSA) is 81.7 Å². The Bertz CT molecular complexity index is 566. The first-order valence-corrected chi connectivity index (χ1v) is 7.44. The monoisotopic (exact) mass is 353 g/mol. The van der Waals surface area contributed by atoms with E-state index in [1.165, 1.54) is 13.8 Å². The average Bonchev–Trinajstić information content (AvgIpc) is 2.94. The number of ether oxygens (including phenoxy) is 2. The molecule has 1 amide bonds. The number of carbonyl (C=O) groups excluding carboxylic acids is 3. The van der Waals surface area contributed by atoms with Crippen molar-refractivity contribution in [1.29, 1.82) is 0 Å². The molecule has 0 bridgehead atoms. The number of hydrogen-bond donors (Lipinski definition) is 1. The van der Waals surface area contributed by atoms with Crippen molar-refractivity contribution in [2.45, 2.75) is 26.1 Å². The maximum absolute atomic E-state index is 12.8. The molecular formula is C13H14F3NO5S. The highest BCUT2D eigenvalue weighted by Crippen LogP contribution is 2.34. The van der Waals surface area contributed by atoms with Crippen LogP contribution >= 0.6 is 11.3 Å². The van der Waals surface area contributed by atoms with E-state index >= 15 is 0 Å². The molecule has 0 saturated heterocycles. The smallest absolute Gasteiger partial charge is 0.417 e. The standard InChI is InChI=1S/C13H14F3NO5S/c1-3-21-11(19)9(12(20)22-4-2)17-10(18)7-5-23-6-8(7)13(14,15)16/h5-6,9H,3-4H2,1-2H3,(H,17,18). The summed E-state index contributed by atoms with van der Waals surface area (Å²) in [6.45, 7) is 2.80. The van der Waals surface area contributed by atoms with Crippen molar-refractivity contribution in [3.05, 3.63) is 21.9 Å². The molecule has 6 nitrogen and oxygen atoms in total. The van der Waals surface area contributed by atoms with Gasteiger partial charge in [0.1, 0.15) is 0 Å². The summed E-state index contributed by atoms with van der Waals surface area (Å²) in [5.41, 5.74) is -1.83. The van der Waals surface area contributed by atoms with Crippen LogP contribution in [0.25, 0.3) is 0 Å². The molecule has 0 radical (unpaired) electrons. The Morgan fingerprint density at radius 1 is 1.13 bits per heavy atom. The van der Waals surface area contributed by atoms with Gasteiger partial charge in [-0.05, 0) is 13.8 Å². The number of nitrogens with one attached hydrogen (secondary N) is 1. The van der Waals surface area contributed by atoms with Crippen molar-refractivity contribution in [3.8, 4) is 0 Å². The van der Waals surface area contributed by atoms with Crippen molar-refractivity contribution >= 4 is 29.2 Å². The summed E-state index contributed by atoms with van der Waals surface area (Å²) < 4.78 is 47.6. The zero-order valence-corrected chi connectivity index (χ0v) is 13.0. The Labute approximate surface area is 133 Å². The fraction of sp³-hybridized carbons (Fsp3) is 0.462. The molecule has 1 aromatic heterocycles. The van der Waals surface area contributed by atoms with Crippen molar-refractivity contribution < 1.29 is 37.0 Å². The van der Waals surface area contributed by atoms with E-state index in [9.17, 15) is 27.6 Å². The molecule has 128 valence electrons. The number of hydrogen-bond acceptors (Lipinski definition) is 6. The lowest BCUT2D eigenvalue weighted by Gasteiger charge is -2.16. The molecule has 1 N–H and O–H groups in total. The minimum atomic E-state index is -4.73. The second-order valence-electron chi connectivity index (χ2n) is 4.11. The van der Waals surface area contributed by atoms with Gasteiger partial charge in [-0.2, -0.15) is 24.5 Å². The Morgan fingerprint density at radius 3 is 2.09 bits per heavy atom. The van der Waals surface area contributed by atoms with E-state index in [4.69, 9.17) is 0 Å². The van der Waals surface area contributed by atoms with E-state index in [1.807, 2.05) is 5.32 Å². The number of thiophene rings is 1. The van der Waals surface area contributed by atoms with Crippen LogP contribution < -0.4 is 5.32 Å². The highest BCUT2D eigenvalue weighted by molar-refractivity contribution is 7.08. The van der Waals surface area contributed by atoms with Crippen LogP contribution in [-0.2, 0) is 25.2 Å². The second kappa shape index (κ2) is 7.95. The maximum atomic E-state index is 12.8. The predicted molar refractivity (Wildman–Crippen MR) is 73.8 cm³/mol. The van der Waals surface area contributed by atoms with E-state index < -0.39 is 41.2 Å². The molecule has 1 aromatic rings. The molecule has 0 aliphatic heterocycles. The Morgan fingerprint density at radius 2 is 1.65 bits per heavy atom. The van der Waals surface area contributed by atoms with Crippen LogP contribution in [0.5, 0.6) is 0 Å². The minimum absolute atomic E-state index is 0.0726. The Balaban J connectivity index is 3.00. The van der Waals surface area contributed by atoms with Gasteiger partial charge in [-0.1, -0.05) is 0 Å². The lowest BCUT2D eigenvalue weighted by atomic mass is 10.1. The molecule has 1 heterocycles. The van der Waals surface area contributed by atoms with Crippen molar-refractivity contribution in [3.63, 3.8) is 0 Å². The molecule has 0 saturated carbocycles. The Kier molecular flexibility index (Phi) is 6.55. The van der Waals surface area contributed by atoms with E-state index in [0.29, 0.717) is 11.3 Å². The average molecular weight is 353 g/mol. The molecule has 0 aliphatic carbocycles. The van der Waals surface area contributed by atoms with Gasteiger partial charge < -0.3 is 14.8 Å². The van der Waals surface area contributed by atoms with Crippen molar-refractivity contribution in [2.75, 3.05) is 13.2 Å². The Hall–Kier alpha value is -2.10. The largest absolute Gasteiger partial charge is 0.464 e. The van der Waals surface area contributed by atoms with E-state index in [0.717, 1.165) is 10.8 Å². The van der Waals surface area contributed by atoms with Gasteiger partial charge in [-0.25, -0.2) is 9.59 Å². The summed E-state index contributed by atoms with van der Waals surface area (Å²) in [6, 6.07) is -1.83. The van der Waals surface area contributed by atoms with E-state index in [-0.39, 0.29) is 13.2 Å². The number of halogens is 3. The third-order valence-corrected chi connectivity index (χ3v) is 3.28. The zero-order chi connectivity index (χ0) is 17.6. The summed E-state index contributed by atoms with van der Waals surface area (Å²) >= 11 is 0.673. The SMILES string of the molecule is CCOC(=O)C(NC(=O)c1cscc1C(F)(F)F)C(=O)OCC. The fourth-order valence-electron chi connectivity index (χ4n) is 1.57. The molecular weight excluding hydrogens is 339 g/mol. The van der Waals surface area contributed by atoms with Gasteiger partial charge in [-0.15, -0.1) is 0 Å². The van der Waals surface area contributed by atoms with Gasteiger partial charge in [0, 0.05) is 10.8 Å². The van der Waals surface area contributed by atoms with Crippen LogP contribution in [0.15, 0.2) is 10.8 Å². The van der Waals surface area contributed by atoms with Crippen LogP contribution in [0.4, 0.5) is 13.2 Å². The molecule has 10 heteroatoms. The summed E-state index contributed by atoms with van der Waals surface area (Å²) in [7, 11) is 0. The van der Waals surface area contributed by atoms with Gasteiger partial charge in [0.05, 0.1) is 24.3 Å². The molecule has 0 spiro atoms. The highest BCUT2D eigenvalue weighted by Gasteiger charge is 2.38. The van der Waals surface area contributed by atoms with Crippen molar-refractivity contribution in [2.24, 2.45) is 0 Å². The summed E-state index contributed by atoms with van der Waals surface area (Å²) in [5, 5.41) is 3.66. The first-order valence-electron chi connectivity index (χ1n) is 6.49. The molecule has 23 heavy (non-hydrogen) atoms. The van der Waals surface area contributed by atoms with Gasteiger partial charge in [0.2, 0.25) is 6.04 Å². The minimum Gasteiger partial charge on any atom is -0.464 e. The molecule has 1 rings (SSSR count). The highest BCUT2D eigenvalue weighted by atomic mass is 32.1. The summed E-state index contributed by atoms with van der Waals surface area (Å²) in [6.07, 6.45) is -4.73. The fourth-order valence-corrected chi connectivity index (χ4v) is 2.40. The van der Waals surface area contributed by atoms with Gasteiger partial charge in [-0.3, -0.25) is 4.79 Å². The molecule has 0 aromatic carbocycles. The zero-order valence-electron chi connectivity index (χ0n) is 12.2. The van der Waals surface area contributed by atoms with Crippen molar-refractivity contribution in [1.82, 2.24) is 5.32 Å². The first kappa shape index (κ1) is 18.9. The number of alkyl halides is 3. The first-order chi connectivity index (χ1) is 10.7. The van der Waals surface area contributed by atoms with Gasteiger partial charge in [0.15, 0.2) is 0 Å². The molecule has 0 aliphatic rings. The van der Waals surface area contributed by atoms with Crippen LogP contribution in [0.2, 0.25) is 0 Å². The normalized spacial score (nSPS) is 11.2. The maximum Gasteiger partial charge on any atom is 0.417 e. The lowest BCUT2D eigenvalue weighted by molar-refractivity contribution is -0.157. The molecule has 0 unspecified atom stereocenters. The van der Waals surface area contributed by atoms with Crippen LogP contribution in [0, 0.1) is 0 Å². The van der Waals surface area contributed by atoms with E-state index in [2.05, 4.69) is 9.47 Å².